The summed E-state index contributed by atoms with van der Waals surface area (Å²) in [5, 5.41) is 0. The van der Waals surface area contributed by atoms with Gasteiger partial charge in [0, 0.05) is 6.42 Å². The summed E-state index contributed by atoms with van der Waals surface area (Å²) in [5.74, 6) is 0.422. The van der Waals surface area contributed by atoms with Gasteiger partial charge >= 0.3 is 0 Å². The third-order valence-corrected chi connectivity index (χ3v) is 3.16. The van der Waals surface area contributed by atoms with Crippen LogP contribution in [0, 0.1) is 0 Å². The number of Topliss-reactive ketones (excluding diaryl/α,β-unsaturated/α-hetero) is 1. The fourth-order valence-electron chi connectivity index (χ4n) is 2.14. The molecule has 0 aliphatic heterocycles. The Balaban J connectivity index is 2.10. The van der Waals surface area contributed by atoms with Gasteiger partial charge in [0.15, 0.2) is 5.78 Å². The Labute approximate surface area is 93.9 Å². The highest BCUT2D eigenvalue weighted by molar-refractivity contribution is 5.95. The van der Waals surface area contributed by atoms with Crippen LogP contribution >= 0.6 is 0 Å². The predicted molar refractivity (Wildman–Crippen MR) is 64.9 cm³/mol. The second-order valence-corrected chi connectivity index (χ2v) is 4.56. The van der Waals surface area contributed by atoms with Crippen molar-refractivity contribution in [1.82, 2.24) is 0 Å². The van der Waals surface area contributed by atoms with Crippen molar-refractivity contribution in [2.24, 2.45) is 0 Å². The third-order valence-electron chi connectivity index (χ3n) is 3.16. The van der Waals surface area contributed by atoms with E-state index in [1.54, 1.807) is 0 Å². The van der Waals surface area contributed by atoms with Crippen LogP contribution in [-0.4, -0.2) is 5.78 Å². The van der Waals surface area contributed by atoms with E-state index < -0.39 is 0 Å². The molecular weight excluding hydrogens is 184 g/mol. The van der Waals surface area contributed by atoms with Crippen LogP contribution < -0.4 is 0 Å². The molecular formula is C14H24O. The summed E-state index contributed by atoms with van der Waals surface area (Å²) in [5.41, 5.74) is 1.12. The van der Waals surface area contributed by atoms with Gasteiger partial charge < -0.3 is 0 Å². The molecule has 0 aromatic heterocycles. The van der Waals surface area contributed by atoms with E-state index in [1.165, 1.54) is 38.5 Å². The van der Waals surface area contributed by atoms with Crippen LogP contribution in [-0.2, 0) is 4.79 Å². The Hall–Kier alpha value is -0.590. The Morgan fingerprint density at radius 1 is 1.20 bits per heavy atom. The fraction of sp³-hybridized carbons (Fsp3) is 0.786. The largest absolute Gasteiger partial charge is 0.295 e. The summed E-state index contributed by atoms with van der Waals surface area (Å²) in [6.45, 7) is 2.22. The standard InChI is InChI=1S/C14H24O/c1-2-3-4-5-9-12-14(15)13-10-7-6-8-11-13/h10H,2-9,11-12H2,1H3. The van der Waals surface area contributed by atoms with Gasteiger partial charge in [0.2, 0.25) is 0 Å². The minimum Gasteiger partial charge on any atom is -0.295 e. The van der Waals surface area contributed by atoms with Gasteiger partial charge in [-0.3, -0.25) is 4.79 Å². The number of hydrogen-bond donors (Lipinski definition) is 0. The Bertz CT molecular complexity index is 215. The second kappa shape index (κ2) is 7.67. The molecule has 0 saturated heterocycles. The molecule has 0 spiro atoms. The second-order valence-electron chi connectivity index (χ2n) is 4.56. The highest BCUT2D eigenvalue weighted by Gasteiger charge is 2.11. The average Bonchev–Trinajstić information content (AvgIpc) is 2.30. The Morgan fingerprint density at radius 3 is 2.67 bits per heavy atom. The number of hydrogen-bond acceptors (Lipinski definition) is 1. The summed E-state index contributed by atoms with van der Waals surface area (Å²) in [6.07, 6.45) is 13.8. The molecule has 0 aromatic carbocycles. The van der Waals surface area contributed by atoms with E-state index in [0.717, 1.165) is 31.3 Å². The highest BCUT2D eigenvalue weighted by Crippen LogP contribution is 2.20. The Kier molecular flexibility index (Phi) is 6.38. The van der Waals surface area contributed by atoms with Crippen molar-refractivity contribution in [1.29, 1.82) is 0 Å². The van der Waals surface area contributed by atoms with Crippen LogP contribution in [0.5, 0.6) is 0 Å². The number of allylic oxidation sites excluding steroid dienone is 2. The first-order chi connectivity index (χ1) is 7.34. The maximum Gasteiger partial charge on any atom is 0.158 e. The van der Waals surface area contributed by atoms with Gasteiger partial charge in [-0.15, -0.1) is 0 Å². The van der Waals surface area contributed by atoms with Crippen molar-refractivity contribution in [2.45, 2.75) is 71.1 Å². The SMILES string of the molecule is CCCCCCCC(=O)C1=CCCCC1. The molecule has 0 N–H and O–H groups in total. The van der Waals surface area contributed by atoms with Crippen molar-refractivity contribution >= 4 is 5.78 Å². The molecule has 0 saturated carbocycles. The van der Waals surface area contributed by atoms with Gasteiger partial charge in [0.25, 0.3) is 0 Å². The first-order valence-electron chi connectivity index (χ1n) is 6.57. The zero-order valence-corrected chi connectivity index (χ0v) is 10.1. The van der Waals surface area contributed by atoms with Crippen LogP contribution in [0.1, 0.15) is 71.1 Å². The fourth-order valence-corrected chi connectivity index (χ4v) is 2.14. The molecule has 0 unspecified atom stereocenters. The summed E-state index contributed by atoms with van der Waals surface area (Å²) in [4.78, 5) is 11.8. The quantitative estimate of drug-likeness (QED) is 0.566. The molecule has 15 heavy (non-hydrogen) atoms. The lowest BCUT2D eigenvalue weighted by atomic mass is 9.94. The first-order valence-corrected chi connectivity index (χ1v) is 6.57. The lowest BCUT2D eigenvalue weighted by molar-refractivity contribution is -0.115. The van der Waals surface area contributed by atoms with E-state index in [4.69, 9.17) is 0 Å². The van der Waals surface area contributed by atoms with Crippen LogP contribution in [0.4, 0.5) is 0 Å². The molecule has 1 heteroatoms. The lowest BCUT2D eigenvalue weighted by Gasteiger charge is -2.11. The zero-order chi connectivity index (χ0) is 10.9. The van der Waals surface area contributed by atoms with E-state index in [9.17, 15) is 4.79 Å². The zero-order valence-electron chi connectivity index (χ0n) is 10.1. The summed E-state index contributed by atoms with van der Waals surface area (Å²) in [7, 11) is 0. The van der Waals surface area contributed by atoms with E-state index in [-0.39, 0.29) is 0 Å². The third kappa shape index (κ3) is 5.15. The number of ketones is 1. The van der Waals surface area contributed by atoms with Gasteiger partial charge in [0.05, 0.1) is 0 Å². The van der Waals surface area contributed by atoms with Crippen molar-refractivity contribution < 1.29 is 4.79 Å². The van der Waals surface area contributed by atoms with Crippen molar-refractivity contribution in [3.05, 3.63) is 11.6 Å². The maximum atomic E-state index is 11.8. The number of carbonyl (C=O) groups is 1. The van der Waals surface area contributed by atoms with Gasteiger partial charge in [-0.1, -0.05) is 38.7 Å². The molecule has 1 rings (SSSR count). The molecule has 0 bridgehead atoms. The highest BCUT2D eigenvalue weighted by atomic mass is 16.1. The number of carbonyl (C=O) groups excluding carboxylic acids is 1. The minimum absolute atomic E-state index is 0.422. The lowest BCUT2D eigenvalue weighted by Crippen LogP contribution is -2.05. The molecule has 1 aliphatic rings. The summed E-state index contributed by atoms with van der Waals surface area (Å²) in [6, 6.07) is 0. The molecule has 0 aromatic rings. The van der Waals surface area contributed by atoms with Gasteiger partial charge in [-0.2, -0.15) is 0 Å². The molecule has 0 atom stereocenters. The monoisotopic (exact) mass is 208 g/mol. The maximum absolute atomic E-state index is 11.8. The summed E-state index contributed by atoms with van der Waals surface area (Å²) >= 11 is 0. The van der Waals surface area contributed by atoms with Crippen LogP contribution in [0.3, 0.4) is 0 Å². The van der Waals surface area contributed by atoms with E-state index in [0.29, 0.717) is 5.78 Å². The topological polar surface area (TPSA) is 17.1 Å². The van der Waals surface area contributed by atoms with Gasteiger partial charge in [-0.05, 0) is 37.7 Å². The Morgan fingerprint density at radius 2 is 2.00 bits per heavy atom. The first kappa shape index (κ1) is 12.5. The molecule has 0 amide bonds. The smallest absolute Gasteiger partial charge is 0.158 e. The molecule has 1 aliphatic carbocycles. The minimum atomic E-state index is 0.422. The van der Waals surface area contributed by atoms with Crippen molar-refractivity contribution in [3.8, 4) is 0 Å². The molecule has 0 heterocycles. The number of rotatable bonds is 7. The van der Waals surface area contributed by atoms with Crippen molar-refractivity contribution in [2.75, 3.05) is 0 Å². The molecule has 86 valence electrons. The van der Waals surface area contributed by atoms with Gasteiger partial charge in [-0.25, -0.2) is 0 Å². The van der Waals surface area contributed by atoms with Crippen LogP contribution in [0.15, 0.2) is 11.6 Å². The van der Waals surface area contributed by atoms with Crippen molar-refractivity contribution in [3.63, 3.8) is 0 Å². The van der Waals surface area contributed by atoms with E-state index >= 15 is 0 Å². The molecule has 1 nitrogen and oxygen atoms in total. The van der Waals surface area contributed by atoms with E-state index in [2.05, 4.69) is 13.0 Å². The molecule has 0 fully saturated rings. The van der Waals surface area contributed by atoms with Gasteiger partial charge in [0.1, 0.15) is 0 Å². The normalized spacial score (nSPS) is 16.2. The molecule has 0 radical (unpaired) electrons. The number of unbranched alkanes of at least 4 members (excludes halogenated alkanes) is 4. The van der Waals surface area contributed by atoms with E-state index in [1.807, 2.05) is 0 Å². The van der Waals surface area contributed by atoms with Crippen LogP contribution in [0.25, 0.3) is 0 Å². The predicted octanol–water partition coefficient (Wildman–Crippen LogP) is 4.42. The van der Waals surface area contributed by atoms with Crippen LogP contribution in [0.2, 0.25) is 0 Å². The summed E-state index contributed by atoms with van der Waals surface area (Å²) < 4.78 is 0. The average molecular weight is 208 g/mol.